The molecule has 7 nitrogen and oxygen atoms in total. The number of thioether (sulfide) groups is 1. The van der Waals surface area contributed by atoms with E-state index in [0.717, 1.165) is 16.4 Å². The standard InChI is InChI=1S/C11H17N5O2S/c1-6(8-3-4-8)13-9(17)5-19-11-15-14-7(2)10(18)16(11)12/h6,8H,3-5,12H2,1-2H3,(H,13,17)/t6-/m0/s1. The van der Waals surface area contributed by atoms with Gasteiger partial charge in [-0.05, 0) is 32.6 Å². The summed E-state index contributed by atoms with van der Waals surface area (Å²) in [6, 6.07) is 0.206. The summed E-state index contributed by atoms with van der Waals surface area (Å²) in [4.78, 5) is 23.2. The SMILES string of the molecule is Cc1nnc(SCC(=O)N[C@@H](C)C2CC2)n(N)c1=O. The molecule has 1 aliphatic rings. The van der Waals surface area contributed by atoms with Crippen LogP contribution >= 0.6 is 11.8 Å². The average Bonchev–Trinajstić information content (AvgIpc) is 3.19. The number of nitrogens with zero attached hydrogens (tertiary/aromatic N) is 3. The molecule has 0 aromatic carbocycles. The van der Waals surface area contributed by atoms with Crippen LogP contribution in [0.25, 0.3) is 0 Å². The van der Waals surface area contributed by atoms with E-state index in [1.807, 2.05) is 6.92 Å². The molecule has 0 saturated heterocycles. The first-order valence-corrected chi connectivity index (χ1v) is 7.11. The van der Waals surface area contributed by atoms with Gasteiger partial charge in [-0.3, -0.25) is 9.59 Å². The van der Waals surface area contributed by atoms with Crippen LogP contribution in [0.3, 0.4) is 0 Å². The molecule has 1 aromatic heterocycles. The van der Waals surface area contributed by atoms with Gasteiger partial charge in [0.25, 0.3) is 5.56 Å². The maximum Gasteiger partial charge on any atom is 0.294 e. The topological polar surface area (TPSA) is 103 Å². The van der Waals surface area contributed by atoms with Gasteiger partial charge in [0.1, 0.15) is 5.69 Å². The summed E-state index contributed by atoms with van der Waals surface area (Å²) < 4.78 is 0.921. The molecule has 1 aliphatic carbocycles. The minimum absolute atomic E-state index is 0.0841. The lowest BCUT2D eigenvalue weighted by Gasteiger charge is -2.12. The molecule has 1 atom stereocenters. The van der Waals surface area contributed by atoms with Crippen molar-refractivity contribution in [3.8, 4) is 0 Å². The van der Waals surface area contributed by atoms with Gasteiger partial charge in [-0.25, -0.2) is 0 Å². The number of rotatable bonds is 5. The summed E-state index contributed by atoms with van der Waals surface area (Å²) >= 11 is 1.10. The Balaban J connectivity index is 1.89. The van der Waals surface area contributed by atoms with E-state index in [0.29, 0.717) is 5.92 Å². The Morgan fingerprint density at radius 1 is 1.58 bits per heavy atom. The molecular weight excluding hydrogens is 266 g/mol. The predicted octanol–water partition coefficient (Wildman–Crippen LogP) is -0.333. The molecular formula is C11H17N5O2S. The second-order valence-electron chi connectivity index (χ2n) is 4.73. The van der Waals surface area contributed by atoms with Crippen LogP contribution in [0.2, 0.25) is 0 Å². The number of nitrogen functional groups attached to an aromatic ring is 1. The molecule has 0 aliphatic heterocycles. The van der Waals surface area contributed by atoms with Gasteiger partial charge in [-0.1, -0.05) is 11.8 Å². The summed E-state index contributed by atoms with van der Waals surface area (Å²) in [5.74, 6) is 6.28. The van der Waals surface area contributed by atoms with E-state index >= 15 is 0 Å². The molecule has 1 saturated carbocycles. The van der Waals surface area contributed by atoms with E-state index in [4.69, 9.17) is 5.84 Å². The van der Waals surface area contributed by atoms with Crippen molar-refractivity contribution in [2.45, 2.75) is 37.9 Å². The molecule has 1 fully saturated rings. The minimum Gasteiger partial charge on any atom is -0.353 e. The van der Waals surface area contributed by atoms with Gasteiger partial charge in [-0.15, -0.1) is 10.2 Å². The third kappa shape index (κ3) is 3.46. The number of aromatic nitrogens is 3. The van der Waals surface area contributed by atoms with Crippen molar-refractivity contribution >= 4 is 17.7 Å². The summed E-state index contributed by atoms with van der Waals surface area (Å²) in [6.45, 7) is 3.54. The van der Waals surface area contributed by atoms with Crippen molar-refractivity contribution in [3.05, 3.63) is 16.0 Å². The highest BCUT2D eigenvalue weighted by atomic mass is 32.2. The lowest BCUT2D eigenvalue weighted by atomic mass is 10.2. The Kier molecular flexibility index (Phi) is 4.08. The lowest BCUT2D eigenvalue weighted by Crippen LogP contribution is -2.36. The maximum atomic E-state index is 11.7. The van der Waals surface area contributed by atoms with Crippen molar-refractivity contribution in [2.24, 2.45) is 5.92 Å². The Morgan fingerprint density at radius 2 is 2.26 bits per heavy atom. The van der Waals surface area contributed by atoms with Crippen LogP contribution in [-0.2, 0) is 4.79 Å². The van der Waals surface area contributed by atoms with Gasteiger partial charge < -0.3 is 11.2 Å². The van der Waals surface area contributed by atoms with Gasteiger partial charge in [0.15, 0.2) is 0 Å². The molecule has 1 heterocycles. The summed E-state index contributed by atoms with van der Waals surface area (Å²) in [7, 11) is 0. The van der Waals surface area contributed by atoms with Gasteiger partial charge in [0.05, 0.1) is 5.75 Å². The highest BCUT2D eigenvalue weighted by molar-refractivity contribution is 7.99. The average molecular weight is 283 g/mol. The molecule has 0 radical (unpaired) electrons. The molecule has 8 heteroatoms. The molecule has 2 rings (SSSR count). The van der Waals surface area contributed by atoms with Crippen molar-refractivity contribution in [1.29, 1.82) is 0 Å². The van der Waals surface area contributed by atoms with E-state index in [-0.39, 0.29) is 28.6 Å². The van der Waals surface area contributed by atoms with E-state index < -0.39 is 5.56 Å². The monoisotopic (exact) mass is 283 g/mol. The largest absolute Gasteiger partial charge is 0.353 e. The zero-order valence-corrected chi connectivity index (χ0v) is 11.7. The number of aryl methyl sites for hydroxylation is 1. The quantitative estimate of drug-likeness (QED) is 0.566. The van der Waals surface area contributed by atoms with E-state index in [9.17, 15) is 9.59 Å². The molecule has 19 heavy (non-hydrogen) atoms. The van der Waals surface area contributed by atoms with E-state index in [2.05, 4.69) is 15.5 Å². The minimum atomic E-state index is -0.399. The Morgan fingerprint density at radius 3 is 2.89 bits per heavy atom. The first-order chi connectivity index (χ1) is 8.99. The van der Waals surface area contributed by atoms with Crippen molar-refractivity contribution < 1.29 is 4.79 Å². The third-order valence-electron chi connectivity index (χ3n) is 3.07. The van der Waals surface area contributed by atoms with Crippen LogP contribution in [-0.4, -0.2) is 32.6 Å². The van der Waals surface area contributed by atoms with Crippen LogP contribution in [0.4, 0.5) is 0 Å². The van der Waals surface area contributed by atoms with Crippen LogP contribution in [0.1, 0.15) is 25.5 Å². The number of hydrogen-bond acceptors (Lipinski definition) is 6. The number of nitrogens with two attached hydrogens (primary N) is 1. The zero-order valence-electron chi connectivity index (χ0n) is 10.9. The number of carbonyl (C=O) groups is 1. The number of hydrogen-bond donors (Lipinski definition) is 2. The molecule has 1 aromatic rings. The number of nitrogens with one attached hydrogen (secondary N) is 1. The Hall–Kier alpha value is -1.57. The fourth-order valence-electron chi connectivity index (χ4n) is 1.71. The first-order valence-electron chi connectivity index (χ1n) is 6.12. The molecule has 3 N–H and O–H groups in total. The molecule has 1 amide bonds. The van der Waals surface area contributed by atoms with Crippen molar-refractivity contribution in [2.75, 3.05) is 11.6 Å². The normalized spacial score (nSPS) is 16.1. The fourth-order valence-corrected chi connectivity index (χ4v) is 2.37. The lowest BCUT2D eigenvalue weighted by molar-refractivity contribution is -0.119. The number of carbonyl (C=O) groups excluding carboxylic acids is 1. The molecule has 0 spiro atoms. The Labute approximate surface area is 114 Å². The van der Waals surface area contributed by atoms with Crippen LogP contribution in [0.15, 0.2) is 9.95 Å². The predicted molar refractivity (Wildman–Crippen MR) is 72.2 cm³/mol. The van der Waals surface area contributed by atoms with Gasteiger partial charge >= 0.3 is 0 Å². The third-order valence-corrected chi connectivity index (χ3v) is 4.01. The molecule has 0 unspecified atom stereocenters. The van der Waals surface area contributed by atoms with Crippen LogP contribution < -0.4 is 16.7 Å². The van der Waals surface area contributed by atoms with E-state index in [1.54, 1.807) is 0 Å². The molecule has 104 valence electrons. The summed E-state index contributed by atoms with van der Waals surface area (Å²) in [5.41, 5.74) is -0.164. The summed E-state index contributed by atoms with van der Waals surface area (Å²) in [6.07, 6.45) is 2.36. The Bertz CT molecular complexity index is 540. The molecule has 0 bridgehead atoms. The fraction of sp³-hybridized carbons (Fsp3) is 0.636. The van der Waals surface area contributed by atoms with Gasteiger partial charge in [0, 0.05) is 6.04 Å². The second-order valence-corrected chi connectivity index (χ2v) is 5.67. The zero-order chi connectivity index (χ0) is 14.0. The maximum absolute atomic E-state index is 11.7. The van der Waals surface area contributed by atoms with Crippen molar-refractivity contribution in [3.63, 3.8) is 0 Å². The van der Waals surface area contributed by atoms with E-state index in [1.165, 1.54) is 19.8 Å². The second kappa shape index (κ2) is 5.60. The highest BCUT2D eigenvalue weighted by Gasteiger charge is 2.28. The van der Waals surface area contributed by atoms with Gasteiger partial charge in [-0.2, -0.15) is 4.68 Å². The smallest absolute Gasteiger partial charge is 0.294 e. The van der Waals surface area contributed by atoms with Gasteiger partial charge in [0.2, 0.25) is 11.1 Å². The first kappa shape index (κ1) is 13.9. The summed E-state index contributed by atoms with van der Waals surface area (Å²) in [5, 5.41) is 10.7. The highest BCUT2D eigenvalue weighted by Crippen LogP contribution is 2.32. The van der Waals surface area contributed by atoms with Crippen LogP contribution in [0.5, 0.6) is 0 Å². The number of amides is 1. The van der Waals surface area contributed by atoms with Crippen LogP contribution in [0, 0.1) is 12.8 Å². The van der Waals surface area contributed by atoms with Crippen molar-refractivity contribution in [1.82, 2.24) is 20.2 Å².